The molecule has 9 nitrogen and oxygen atoms in total. The first-order valence-corrected chi connectivity index (χ1v) is 11.3. The number of hydrogen-bond donors (Lipinski definition) is 1. The molecule has 0 atom stereocenters. The molecule has 4 aromatic rings. The molecule has 0 amide bonds. The molecule has 0 radical (unpaired) electrons. The van der Waals surface area contributed by atoms with Gasteiger partial charge in [-0.2, -0.15) is 0 Å². The summed E-state index contributed by atoms with van der Waals surface area (Å²) in [5.41, 5.74) is 0.891. The van der Waals surface area contributed by atoms with Crippen LogP contribution in [0.2, 0.25) is 0 Å². The number of thioether (sulfide) groups is 1. The molecule has 3 aromatic heterocycles. The molecule has 162 valence electrons. The van der Waals surface area contributed by atoms with E-state index in [1.807, 2.05) is 41.8 Å². The van der Waals surface area contributed by atoms with Gasteiger partial charge in [0.25, 0.3) is 10.8 Å². The molecule has 0 spiro atoms. The average molecular weight is 441 g/mol. The van der Waals surface area contributed by atoms with Gasteiger partial charge in [0, 0.05) is 18.7 Å². The van der Waals surface area contributed by atoms with Crippen molar-refractivity contribution >= 4 is 22.9 Å². The van der Waals surface area contributed by atoms with Crippen LogP contribution in [0.15, 0.2) is 49.6 Å². The van der Waals surface area contributed by atoms with E-state index in [0.29, 0.717) is 46.9 Å². The van der Waals surface area contributed by atoms with Crippen LogP contribution in [0.3, 0.4) is 0 Å². The second kappa shape index (κ2) is 9.34. The minimum absolute atomic E-state index is 0.408. The van der Waals surface area contributed by atoms with Gasteiger partial charge in [0.2, 0.25) is 5.89 Å². The van der Waals surface area contributed by atoms with E-state index >= 15 is 0 Å². The van der Waals surface area contributed by atoms with Crippen molar-refractivity contribution < 1.29 is 4.42 Å². The van der Waals surface area contributed by atoms with Gasteiger partial charge < -0.3 is 8.98 Å². The van der Waals surface area contributed by atoms with Crippen molar-refractivity contribution in [2.75, 3.05) is 0 Å². The second-order valence-corrected chi connectivity index (χ2v) is 8.07. The third-order valence-corrected chi connectivity index (χ3v) is 5.71. The van der Waals surface area contributed by atoms with Crippen LogP contribution in [0.25, 0.3) is 22.6 Å². The van der Waals surface area contributed by atoms with Crippen LogP contribution in [0.5, 0.6) is 0 Å². The average Bonchev–Trinajstić information content (AvgIpc) is 3.38. The summed E-state index contributed by atoms with van der Waals surface area (Å²) in [6, 6.07) is 9.56. The third-order valence-electron chi connectivity index (χ3n) is 4.90. The van der Waals surface area contributed by atoms with Crippen molar-refractivity contribution in [1.29, 1.82) is 0 Å². The highest BCUT2D eigenvalue weighted by molar-refractivity contribution is 7.98. The summed E-state index contributed by atoms with van der Waals surface area (Å²) in [7, 11) is 0. The van der Waals surface area contributed by atoms with E-state index in [1.54, 1.807) is 4.57 Å². The van der Waals surface area contributed by atoms with E-state index in [9.17, 15) is 9.59 Å². The Morgan fingerprint density at radius 2 is 1.84 bits per heavy atom. The van der Waals surface area contributed by atoms with Crippen LogP contribution in [0, 0.1) is 0 Å². The van der Waals surface area contributed by atoms with Gasteiger partial charge in [0.15, 0.2) is 11.2 Å². The maximum absolute atomic E-state index is 12.6. The van der Waals surface area contributed by atoms with E-state index in [-0.39, 0.29) is 0 Å². The maximum Gasteiger partial charge on any atom is 0.330 e. The minimum Gasteiger partial charge on any atom is -0.411 e. The first-order chi connectivity index (χ1) is 15.1. The molecule has 1 N–H and O–H groups in total. The summed E-state index contributed by atoms with van der Waals surface area (Å²) in [5, 5.41) is 8.64. The van der Waals surface area contributed by atoms with E-state index in [2.05, 4.69) is 27.1 Å². The van der Waals surface area contributed by atoms with E-state index in [1.165, 1.54) is 11.8 Å². The van der Waals surface area contributed by atoms with E-state index in [4.69, 9.17) is 4.42 Å². The van der Waals surface area contributed by atoms with Crippen LogP contribution in [0.4, 0.5) is 0 Å². The Kier molecular flexibility index (Phi) is 6.36. The number of unbranched alkanes of at least 4 members (excludes halogenated alkanes) is 1. The van der Waals surface area contributed by atoms with Crippen molar-refractivity contribution in [3.8, 4) is 11.5 Å². The molecule has 0 saturated heterocycles. The van der Waals surface area contributed by atoms with Crippen LogP contribution in [-0.4, -0.2) is 29.3 Å². The Labute approximate surface area is 182 Å². The van der Waals surface area contributed by atoms with Gasteiger partial charge in [-0.3, -0.25) is 14.3 Å². The van der Waals surface area contributed by atoms with Crippen LogP contribution in [-0.2, 0) is 18.8 Å². The van der Waals surface area contributed by atoms with Crippen molar-refractivity contribution in [3.05, 3.63) is 57.0 Å². The lowest BCUT2D eigenvalue weighted by Crippen LogP contribution is -2.31. The Balaban J connectivity index is 1.66. The lowest BCUT2D eigenvalue weighted by atomic mass is 10.2. The van der Waals surface area contributed by atoms with Crippen LogP contribution in [0.1, 0.15) is 38.9 Å². The van der Waals surface area contributed by atoms with Gasteiger partial charge in [0.1, 0.15) is 5.82 Å². The number of fused-ring (bicyclic) bond motifs is 1. The molecule has 0 saturated carbocycles. The predicted octanol–water partition coefficient (Wildman–Crippen LogP) is 3.44. The van der Waals surface area contributed by atoms with Gasteiger partial charge in [-0.1, -0.05) is 50.2 Å². The van der Waals surface area contributed by atoms with Crippen molar-refractivity contribution in [2.45, 2.75) is 57.2 Å². The van der Waals surface area contributed by atoms with Crippen molar-refractivity contribution in [1.82, 2.24) is 29.3 Å². The number of aromatic amines is 1. The molecule has 0 aliphatic heterocycles. The van der Waals surface area contributed by atoms with Gasteiger partial charge in [-0.05, 0) is 25.0 Å². The summed E-state index contributed by atoms with van der Waals surface area (Å²) in [4.78, 5) is 32.1. The van der Waals surface area contributed by atoms with E-state index < -0.39 is 11.2 Å². The molecule has 10 heteroatoms. The zero-order valence-electron chi connectivity index (χ0n) is 17.5. The monoisotopic (exact) mass is 440 g/mol. The standard InChI is InChI=1S/C21H24N6O3S/c1-3-5-12-27-17-16(18(28)23-20(27)29)26(11-4-2)15(22-17)13-31-21-25-24-19(30-21)14-9-7-6-8-10-14/h6-10H,3-5,11-13H2,1-2H3,(H,23,28,29). The number of aromatic nitrogens is 6. The van der Waals surface area contributed by atoms with Gasteiger partial charge in [-0.25, -0.2) is 9.78 Å². The first kappa shape index (κ1) is 21.1. The normalized spacial score (nSPS) is 11.4. The maximum atomic E-state index is 12.6. The number of imidazole rings is 1. The Bertz CT molecular complexity index is 1290. The largest absolute Gasteiger partial charge is 0.411 e. The third kappa shape index (κ3) is 4.34. The van der Waals surface area contributed by atoms with Crippen LogP contribution < -0.4 is 11.2 Å². The number of H-pyrrole nitrogens is 1. The number of aryl methyl sites for hydroxylation is 2. The highest BCUT2D eigenvalue weighted by atomic mass is 32.2. The molecule has 3 heterocycles. The molecule has 0 bridgehead atoms. The number of rotatable bonds is 9. The van der Waals surface area contributed by atoms with Crippen molar-refractivity contribution in [3.63, 3.8) is 0 Å². The molecular weight excluding hydrogens is 416 g/mol. The SMILES string of the molecule is CCCCn1c(=O)[nH]c(=O)c2c1nc(CSc1nnc(-c3ccccc3)o1)n2CCC. The molecule has 0 aliphatic carbocycles. The molecule has 0 aliphatic rings. The number of benzene rings is 1. The summed E-state index contributed by atoms with van der Waals surface area (Å²) < 4.78 is 9.21. The fourth-order valence-corrected chi connectivity index (χ4v) is 4.12. The fraction of sp³-hybridized carbons (Fsp3) is 0.381. The molecule has 4 rings (SSSR count). The smallest absolute Gasteiger partial charge is 0.330 e. The second-order valence-electron chi connectivity index (χ2n) is 7.14. The highest BCUT2D eigenvalue weighted by Crippen LogP contribution is 2.26. The number of hydrogen-bond acceptors (Lipinski definition) is 7. The first-order valence-electron chi connectivity index (χ1n) is 10.4. The Hall–Kier alpha value is -3.14. The Morgan fingerprint density at radius 1 is 1.03 bits per heavy atom. The molecule has 0 fully saturated rings. The lowest BCUT2D eigenvalue weighted by molar-refractivity contribution is 0.465. The minimum atomic E-state index is -0.421. The topological polar surface area (TPSA) is 112 Å². The summed E-state index contributed by atoms with van der Waals surface area (Å²) >= 11 is 1.35. The van der Waals surface area contributed by atoms with Crippen LogP contribution >= 0.6 is 11.8 Å². The van der Waals surface area contributed by atoms with E-state index in [0.717, 1.165) is 24.8 Å². The van der Waals surface area contributed by atoms with Gasteiger partial charge in [-0.15, -0.1) is 10.2 Å². The summed E-state index contributed by atoms with van der Waals surface area (Å²) in [6.07, 6.45) is 2.59. The zero-order chi connectivity index (χ0) is 21.8. The summed E-state index contributed by atoms with van der Waals surface area (Å²) in [5.74, 6) is 1.59. The number of nitrogens with one attached hydrogen (secondary N) is 1. The highest BCUT2D eigenvalue weighted by Gasteiger charge is 2.19. The summed E-state index contributed by atoms with van der Waals surface area (Å²) in [6.45, 7) is 5.23. The Morgan fingerprint density at radius 3 is 2.58 bits per heavy atom. The van der Waals surface area contributed by atoms with Gasteiger partial charge >= 0.3 is 5.69 Å². The molecule has 0 unspecified atom stereocenters. The molecular formula is C21H24N6O3S. The fourth-order valence-electron chi connectivity index (χ4n) is 3.41. The zero-order valence-corrected chi connectivity index (χ0v) is 18.3. The predicted molar refractivity (Wildman–Crippen MR) is 119 cm³/mol. The lowest BCUT2D eigenvalue weighted by Gasteiger charge is -2.07. The van der Waals surface area contributed by atoms with Crippen molar-refractivity contribution in [2.24, 2.45) is 0 Å². The quantitative estimate of drug-likeness (QED) is 0.397. The molecule has 1 aromatic carbocycles. The number of nitrogens with zero attached hydrogens (tertiary/aromatic N) is 5. The molecule has 31 heavy (non-hydrogen) atoms. The van der Waals surface area contributed by atoms with Gasteiger partial charge in [0.05, 0.1) is 5.75 Å².